The Morgan fingerprint density at radius 1 is 1.42 bits per heavy atom. The van der Waals surface area contributed by atoms with Crippen molar-refractivity contribution in [2.24, 2.45) is 0 Å². The molecule has 0 unspecified atom stereocenters. The molecule has 0 amide bonds. The van der Waals surface area contributed by atoms with Crippen LogP contribution >= 0.6 is 0 Å². The summed E-state index contributed by atoms with van der Waals surface area (Å²) in [5.41, 5.74) is 1.70. The molecule has 0 N–H and O–H groups in total. The van der Waals surface area contributed by atoms with Crippen LogP contribution in [0.1, 0.15) is 6.92 Å². The summed E-state index contributed by atoms with van der Waals surface area (Å²) in [4.78, 5) is 3.89. The van der Waals surface area contributed by atoms with Crippen molar-refractivity contribution < 1.29 is 5.11 Å². The summed E-state index contributed by atoms with van der Waals surface area (Å²) in [7, 11) is 0. The Balaban J connectivity index is 2.81. The lowest BCUT2D eigenvalue weighted by Crippen LogP contribution is -2.02. The van der Waals surface area contributed by atoms with Crippen LogP contribution in [0.2, 0.25) is 0 Å². The first-order valence-corrected chi connectivity index (χ1v) is 3.95. The first-order valence-electron chi connectivity index (χ1n) is 3.95. The van der Waals surface area contributed by atoms with E-state index in [2.05, 4.69) is 4.98 Å². The molecule has 0 fully saturated rings. The molecule has 2 rings (SSSR count). The molecule has 0 aliphatic heterocycles. The van der Waals surface area contributed by atoms with Crippen LogP contribution in [-0.2, 0) is 6.54 Å². The number of imidazole rings is 1. The maximum atomic E-state index is 11.2. The van der Waals surface area contributed by atoms with Gasteiger partial charge in [0.05, 0.1) is 17.0 Å². The summed E-state index contributed by atoms with van der Waals surface area (Å²) in [5.74, 6) is 0. The minimum Gasteiger partial charge on any atom is -0.846 e. The lowest BCUT2D eigenvalue weighted by molar-refractivity contribution is -0.284. The molecule has 0 aliphatic carbocycles. The number of rotatable bonds is 1. The summed E-state index contributed by atoms with van der Waals surface area (Å²) in [6, 6.07) is 7.40. The normalized spacial score (nSPS) is 10.8. The highest BCUT2D eigenvalue weighted by Gasteiger charge is 1.99. The second-order valence-corrected chi connectivity index (χ2v) is 2.63. The first kappa shape index (κ1) is 7.16. The van der Waals surface area contributed by atoms with Gasteiger partial charge in [0.2, 0.25) is 0 Å². The van der Waals surface area contributed by atoms with Crippen LogP contribution in [-0.4, -0.2) is 9.55 Å². The molecule has 2 aromatic rings. The predicted molar refractivity (Wildman–Crippen MR) is 44.9 cm³/mol. The van der Waals surface area contributed by atoms with Gasteiger partial charge in [0.1, 0.15) is 0 Å². The molecule has 1 aromatic heterocycles. The van der Waals surface area contributed by atoms with Gasteiger partial charge in [-0.05, 0) is 19.1 Å². The number of nitrogens with zero attached hydrogens (tertiary/aromatic N) is 2. The van der Waals surface area contributed by atoms with Crippen LogP contribution in [0.3, 0.4) is 0 Å². The van der Waals surface area contributed by atoms with Gasteiger partial charge >= 0.3 is 0 Å². The summed E-state index contributed by atoms with van der Waals surface area (Å²) in [6.07, 6.45) is 0. The van der Waals surface area contributed by atoms with Crippen LogP contribution in [0.15, 0.2) is 24.3 Å². The highest BCUT2D eigenvalue weighted by molar-refractivity contribution is 5.76. The van der Waals surface area contributed by atoms with Gasteiger partial charge in [-0.2, -0.15) is 0 Å². The Kier molecular flexibility index (Phi) is 1.50. The van der Waals surface area contributed by atoms with Crippen molar-refractivity contribution in [3.05, 3.63) is 24.3 Å². The zero-order valence-electron chi connectivity index (χ0n) is 6.82. The van der Waals surface area contributed by atoms with Crippen molar-refractivity contribution >= 4 is 11.0 Å². The van der Waals surface area contributed by atoms with Gasteiger partial charge in [-0.3, -0.25) is 0 Å². The minimum atomic E-state index is -0.154. The fourth-order valence-corrected chi connectivity index (χ4v) is 1.36. The Labute approximate surface area is 70.3 Å². The molecule has 0 bridgehead atoms. The Morgan fingerprint density at radius 3 is 2.92 bits per heavy atom. The molecule has 0 saturated carbocycles. The van der Waals surface area contributed by atoms with Crippen molar-refractivity contribution in [1.82, 2.24) is 9.55 Å². The van der Waals surface area contributed by atoms with Gasteiger partial charge in [-0.15, -0.1) is 0 Å². The van der Waals surface area contributed by atoms with E-state index in [0.29, 0.717) is 6.54 Å². The molecule has 1 aromatic carbocycles. The van der Waals surface area contributed by atoms with Crippen molar-refractivity contribution in [3.63, 3.8) is 0 Å². The summed E-state index contributed by atoms with van der Waals surface area (Å²) < 4.78 is 1.66. The number of para-hydroxylation sites is 2. The lowest BCUT2D eigenvalue weighted by atomic mass is 10.3. The SMILES string of the molecule is CCn1c([O-])nc2ccccc21. The standard InChI is InChI=1S/C9H10N2O/c1-2-11-8-6-4-3-5-7(8)10-9(11)12/h3-6H,2H2,1H3,(H,10,12)/p-1. The third-order valence-electron chi connectivity index (χ3n) is 1.94. The maximum absolute atomic E-state index is 11.2. The number of hydrogen-bond acceptors (Lipinski definition) is 2. The van der Waals surface area contributed by atoms with Crippen molar-refractivity contribution in [1.29, 1.82) is 0 Å². The Bertz CT molecular complexity index is 406. The van der Waals surface area contributed by atoms with Gasteiger partial charge in [0.25, 0.3) is 0 Å². The molecule has 3 heteroatoms. The number of hydrogen-bond donors (Lipinski definition) is 0. The first-order chi connectivity index (χ1) is 5.83. The summed E-state index contributed by atoms with van der Waals surface area (Å²) >= 11 is 0. The largest absolute Gasteiger partial charge is 0.846 e. The molecule has 3 nitrogen and oxygen atoms in total. The Hall–Kier alpha value is -1.51. The van der Waals surface area contributed by atoms with Crippen LogP contribution in [0.25, 0.3) is 11.0 Å². The number of benzene rings is 1. The monoisotopic (exact) mass is 161 g/mol. The molecule has 0 atom stereocenters. The topological polar surface area (TPSA) is 40.9 Å². The van der Waals surface area contributed by atoms with E-state index in [1.807, 2.05) is 31.2 Å². The molecule has 0 radical (unpaired) electrons. The second-order valence-electron chi connectivity index (χ2n) is 2.63. The molecule has 0 aliphatic rings. The van der Waals surface area contributed by atoms with E-state index >= 15 is 0 Å². The summed E-state index contributed by atoms with van der Waals surface area (Å²) in [5, 5.41) is 11.2. The Morgan fingerprint density at radius 2 is 2.17 bits per heavy atom. The van der Waals surface area contributed by atoms with Crippen LogP contribution < -0.4 is 5.11 Å². The van der Waals surface area contributed by atoms with E-state index in [0.717, 1.165) is 11.0 Å². The fraction of sp³-hybridized carbons (Fsp3) is 0.222. The molecule has 12 heavy (non-hydrogen) atoms. The smallest absolute Gasteiger partial charge is 0.0877 e. The predicted octanol–water partition coefficient (Wildman–Crippen LogP) is 1.13. The second kappa shape index (κ2) is 2.52. The van der Waals surface area contributed by atoms with Gasteiger partial charge in [0.15, 0.2) is 0 Å². The zero-order chi connectivity index (χ0) is 8.55. The van der Waals surface area contributed by atoms with Crippen molar-refractivity contribution in [3.8, 4) is 6.01 Å². The number of aromatic nitrogens is 2. The fourth-order valence-electron chi connectivity index (χ4n) is 1.36. The van der Waals surface area contributed by atoms with E-state index in [4.69, 9.17) is 0 Å². The van der Waals surface area contributed by atoms with Crippen LogP contribution in [0.4, 0.5) is 0 Å². The average molecular weight is 161 g/mol. The van der Waals surface area contributed by atoms with E-state index in [1.54, 1.807) is 4.57 Å². The summed E-state index contributed by atoms with van der Waals surface area (Å²) in [6.45, 7) is 2.62. The van der Waals surface area contributed by atoms with Gasteiger partial charge in [-0.1, -0.05) is 12.1 Å². The van der Waals surface area contributed by atoms with Crippen LogP contribution in [0.5, 0.6) is 6.01 Å². The van der Waals surface area contributed by atoms with Gasteiger partial charge in [-0.25, -0.2) is 4.98 Å². The van der Waals surface area contributed by atoms with E-state index in [-0.39, 0.29) is 6.01 Å². The highest BCUT2D eigenvalue weighted by atomic mass is 16.3. The quantitative estimate of drug-likeness (QED) is 0.629. The molecule has 1 heterocycles. The number of aryl methyl sites for hydroxylation is 1. The maximum Gasteiger partial charge on any atom is 0.0877 e. The van der Waals surface area contributed by atoms with E-state index < -0.39 is 0 Å². The van der Waals surface area contributed by atoms with E-state index in [9.17, 15) is 5.11 Å². The lowest BCUT2D eigenvalue weighted by Gasteiger charge is -2.07. The van der Waals surface area contributed by atoms with Crippen LogP contribution in [0, 0.1) is 0 Å². The third kappa shape index (κ3) is 0.863. The molecule has 0 saturated heterocycles. The minimum absolute atomic E-state index is 0.154. The van der Waals surface area contributed by atoms with E-state index in [1.165, 1.54) is 0 Å². The highest BCUT2D eigenvalue weighted by Crippen LogP contribution is 2.17. The van der Waals surface area contributed by atoms with Crippen molar-refractivity contribution in [2.45, 2.75) is 13.5 Å². The van der Waals surface area contributed by atoms with Gasteiger partial charge in [0, 0.05) is 6.54 Å². The zero-order valence-corrected chi connectivity index (χ0v) is 6.82. The van der Waals surface area contributed by atoms with Gasteiger partial charge < -0.3 is 9.67 Å². The molecule has 0 spiro atoms. The van der Waals surface area contributed by atoms with Crippen molar-refractivity contribution in [2.75, 3.05) is 0 Å². The third-order valence-corrected chi connectivity index (χ3v) is 1.94. The number of fused-ring (bicyclic) bond motifs is 1. The molecule has 62 valence electrons. The molecular weight excluding hydrogens is 152 g/mol. The molecular formula is C9H9N2O-. The average Bonchev–Trinajstić information content (AvgIpc) is 2.40.